The summed E-state index contributed by atoms with van der Waals surface area (Å²) in [6.07, 6.45) is 0. The molecule has 2 rings (SSSR count). The zero-order valence-corrected chi connectivity index (χ0v) is 12.5. The Bertz CT molecular complexity index is 606. The first-order valence-corrected chi connectivity index (χ1v) is 7.16. The highest BCUT2D eigenvalue weighted by Crippen LogP contribution is 2.19. The molecule has 0 unspecified atom stereocenters. The van der Waals surface area contributed by atoms with E-state index in [0.717, 1.165) is 0 Å². The Morgan fingerprint density at radius 3 is 2.90 bits per heavy atom. The molecule has 0 saturated heterocycles. The number of halogens is 1. The molecule has 6 nitrogen and oxygen atoms in total. The van der Waals surface area contributed by atoms with Gasteiger partial charge in [-0.05, 0) is 24.6 Å². The molecule has 0 bridgehead atoms. The van der Waals surface area contributed by atoms with Crippen molar-refractivity contribution in [3.63, 3.8) is 0 Å². The number of ether oxygens (including phenoxy) is 1. The van der Waals surface area contributed by atoms with E-state index in [4.69, 9.17) is 4.74 Å². The largest absolute Gasteiger partial charge is 0.494 e. The second kappa shape index (κ2) is 6.98. The van der Waals surface area contributed by atoms with Crippen molar-refractivity contribution >= 4 is 22.5 Å². The molecule has 1 heterocycles. The third kappa shape index (κ3) is 3.88. The summed E-state index contributed by atoms with van der Waals surface area (Å²) in [5.74, 6) is -0.268. The van der Waals surface area contributed by atoms with E-state index >= 15 is 0 Å². The second-order valence-electron chi connectivity index (χ2n) is 4.16. The number of urea groups is 1. The second-order valence-corrected chi connectivity index (χ2v) is 4.99. The van der Waals surface area contributed by atoms with E-state index in [1.165, 1.54) is 30.0 Å². The van der Waals surface area contributed by atoms with Crippen molar-refractivity contribution in [1.29, 1.82) is 0 Å². The number of amides is 2. The van der Waals surface area contributed by atoms with Crippen molar-refractivity contribution < 1.29 is 13.9 Å². The molecule has 112 valence electrons. The third-order valence-corrected chi connectivity index (χ3v) is 3.44. The zero-order chi connectivity index (χ0) is 15.2. The monoisotopic (exact) mass is 310 g/mol. The van der Waals surface area contributed by atoms with Gasteiger partial charge in [-0.1, -0.05) is 17.4 Å². The predicted octanol–water partition coefficient (Wildman–Crippen LogP) is 2.74. The van der Waals surface area contributed by atoms with E-state index in [1.54, 1.807) is 17.0 Å². The average molecular weight is 310 g/mol. The van der Waals surface area contributed by atoms with Gasteiger partial charge in [0.1, 0.15) is 5.51 Å². The van der Waals surface area contributed by atoms with Crippen molar-refractivity contribution in [2.45, 2.75) is 13.5 Å². The number of carbonyl (C=O) groups is 1. The topological polar surface area (TPSA) is 67.3 Å². The standard InChI is InChI=1S/C13H15FN4O2S/c1-3-18(13(19)16-12-17-15-8-21-12)7-9-4-5-11(20-2)10(14)6-9/h4-6,8H,3,7H2,1-2H3,(H,16,17,19). The molecule has 0 saturated carbocycles. The van der Waals surface area contributed by atoms with Crippen molar-refractivity contribution in [2.24, 2.45) is 0 Å². The fraction of sp³-hybridized carbons (Fsp3) is 0.308. The minimum atomic E-state index is -0.449. The predicted molar refractivity (Wildman–Crippen MR) is 78.0 cm³/mol. The molecule has 0 aliphatic carbocycles. The summed E-state index contributed by atoms with van der Waals surface area (Å²) in [6, 6.07) is 4.33. The molecule has 2 amide bonds. The van der Waals surface area contributed by atoms with Crippen LogP contribution < -0.4 is 10.1 Å². The van der Waals surface area contributed by atoms with Gasteiger partial charge >= 0.3 is 6.03 Å². The minimum absolute atomic E-state index is 0.181. The Labute approximate surface area is 125 Å². The fourth-order valence-electron chi connectivity index (χ4n) is 1.75. The highest BCUT2D eigenvalue weighted by atomic mass is 32.1. The van der Waals surface area contributed by atoms with Crippen molar-refractivity contribution in [2.75, 3.05) is 19.0 Å². The number of methoxy groups -OCH3 is 1. The third-order valence-electron chi connectivity index (χ3n) is 2.83. The van der Waals surface area contributed by atoms with Crippen LogP contribution in [0.15, 0.2) is 23.7 Å². The highest BCUT2D eigenvalue weighted by molar-refractivity contribution is 7.13. The van der Waals surface area contributed by atoms with Crippen LogP contribution in [0.5, 0.6) is 5.75 Å². The first-order valence-electron chi connectivity index (χ1n) is 6.28. The van der Waals surface area contributed by atoms with Gasteiger partial charge in [-0.2, -0.15) is 0 Å². The number of hydrogen-bond acceptors (Lipinski definition) is 5. The number of nitrogens with zero attached hydrogens (tertiary/aromatic N) is 3. The molecule has 21 heavy (non-hydrogen) atoms. The Balaban J connectivity index is 2.04. The zero-order valence-electron chi connectivity index (χ0n) is 11.7. The minimum Gasteiger partial charge on any atom is -0.494 e. The summed E-state index contributed by atoms with van der Waals surface area (Å²) < 4.78 is 18.5. The van der Waals surface area contributed by atoms with Gasteiger partial charge in [-0.3, -0.25) is 5.32 Å². The van der Waals surface area contributed by atoms with Crippen LogP contribution in [0.2, 0.25) is 0 Å². The van der Waals surface area contributed by atoms with Crippen LogP contribution in [0.25, 0.3) is 0 Å². The van der Waals surface area contributed by atoms with Crippen LogP contribution in [0.3, 0.4) is 0 Å². The van der Waals surface area contributed by atoms with E-state index in [9.17, 15) is 9.18 Å². The van der Waals surface area contributed by atoms with Crippen molar-refractivity contribution in [3.8, 4) is 5.75 Å². The lowest BCUT2D eigenvalue weighted by Gasteiger charge is -2.20. The van der Waals surface area contributed by atoms with Gasteiger partial charge in [-0.25, -0.2) is 9.18 Å². The lowest BCUT2D eigenvalue weighted by Crippen LogP contribution is -2.34. The molecule has 0 radical (unpaired) electrons. The summed E-state index contributed by atoms with van der Waals surface area (Å²) in [4.78, 5) is 13.6. The van der Waals surface area contributed by atoms with Gasteiger partial charge < -0.3 is 9.64 Å². The van der Waals surface area contributed by atoms with Gasteiger partial charge in [0.05, 0.1) is 7.11 Å². The first kappa shape index (κ1) is 15.2. The van der Waals surface area contributed by atoms with Crippen LogP contribution in [-0.4, -0.2) is 34.8 Å². The molecule has 8 heteroatoms. The number of rotatable bonds is 5. The Hall–Kier alpha value is -2.22. The quantitative estimate of drug-likeness (QED) is 0.922. The molecule has 1 aromatic carbocycles. The molecule has 0 aliphatic heterocycles. The number of benzene rings is 1. The Kier molecular flexibility index (Phi) is 5.04. The van der Waals surface area contributed by atoms with Gasteiger partial charge in [0.2, 0.25) is 5.13 Å². The maximum absolute atomic E-state index is 13.7. The van der Waals surface area contributed by atoms with Gasteiger partial charge in [-0.15, -0.1) is 10.2 Å². The van der Waals surface area contributed by atoms with Crippen molar-refractivity contribution in [3.05, 3.63) is 35.1 Å². The van der Waals surface area contributed by atoms with Crippen LogP contribution in [0, 0.1) is 5.82 Å². The smallest absolute Gasteiger partial charge is 0.323 e. The maximum atomic E-state index is 13.7. The average Bonchev–Trinajstić information content (AvgIpc) is 2.97. The van der Waals surface area contributed by atoms with Gasteiger partial charge in [0, 0.05) is 13.1 Å². The number of nitrogens with one attached hydrogen (secondary N) is 1. The summed E-state index contributed by atoms with van der Waals surface area (Å²) >= 11 is 1.24. The lowest BCUT2D eigenvalue weighted by molar-refractivity contribution is 0.212. The normalized spacial score (nSPS) is 10.2. The fourth-order valence-corrected chi connectivity index (χ4v) is 2.19. The maximum Gasteiger partial charge on any atom is 0.323 e. The number of anilines is 1. The number of hydrogen-bond donors (Lipinski definition) is 1. The number of carbonyl (C=O) groups excluding carboxylic acids is 1. The molecule has 0 fully saturated rings. The molecular weight excluding hydrogens is 295 g/mol. The van der Waals surface area contributed by atoms with E-state index in [1.807, 2.05) is 6.92 Å². The molecule has 0 atom stereocenters. The lowest BCUT2D eigenvalue weighted by atomic mass is 10.2. The van der Waals surface area contributed by atoms with Crippen molar-refractivity contribution in [1.82, 2.24) is 15.1 Å². The molecule has 1 aromatic heterocycles. The molecular formula is C13H15FN4O2S. The van der Waals surface area contributed by atoms with Crippen LogP contribution in [-0.2, 0) is 6.54 Å². The highest BCUT2D eigenvalue weighted by Gasteiger charge is 2.14. The molecule has 0 aliphatic rings. The van der Waals surface area contributed by atoms with E-state index in [0.29, 0.717) is 23.8 Å². The summed E-state index contributed by atoms with van der Waals surface area (Å²) in [5.41, 5.74) is 2.22. The van der Waals surface area contributed by atoms with E-state index in [-0.39, 0.29) is 11.8 Å². The molecule has 1 N–H and O–H groups in total. The van der Waals surface area contributed by atoms with Crippen LogP contribution >= 0.6 is 11.3 Å². The van der Waals surface area contributed by atoms with E-state index in [2.05, 4.69) is 15.5 Å². The van der Waals surface area contributed by atoms with Crippen LogP contribution in [0.4, 0.5) is 14.3 Å². The van der Waals surface area contributed by atoms with Gasteiger partial charge in [0.15, 0.2) is 11.6 Å². The number of aromatic nitrogens is 2. The Morgan fingerprint density at radius 2 is 2.33 bits per heavy atom. The Morgan fingerprint density at radius 1 is 1.52 bits per heavy atom. The van der Waals surface area contributed by atoms with Crippen LogP contribution in [0.1, 0.15) is 12.5 Å². The summed E-state index contributed by atoms with van der Waals surface area (Å²) in [7, 11) is 1.41. The van der Waals surface area contributed by atoms with E-state index < -0.39 is 5.82 Å². The first-order chi connectivity index (χ1) is 10.1. The summed E-state index contributed by atoms with van der Waals surface area (Å²) in [5, 5.41) is 10.5. The van der Waals surface area contributed by atoms with Gasteiger partial charge in [0.25, 0.3) is 0 Å². The molecule has 2 aromatic rings. The summed E-state index contributed by atoms with van der Waals surface area (Å²) in [6.45, 7) is 2.62. The molecule has 0 spiro atoms. The SMILES string of the molecule is CCN(Cc1ccc(OC)c(F)c1)C(=O)Nc1nncs1.